The number of carboxylic acid groups (broad SMARTS) is 1. The van der Waals surface area contributed by atoms with Crippen LogP contribution >= 0.6 is 0 Å². The highest BCUT2D eigenvalue weighted by Crippen LogP contribution is 2.22. The van der Waals surface area contributed by atoms with Crippen molar-refractivity contribution in [1.82, 2.24) is 0 Å². The molecule has 152 valence electrons. The number of unbranched alkanes of at least 4 members (excludes halogenated alkanes) is 4. The second kappa shape index (κ2) is 16.9. The predicted octanol–water partition coefficient (Wildman–Crippen LogP) is 6.68. The quantitative estimate of drug-likeness (QED) is 0.361. The molecule has 3 heteroatoms. The molecule has 1 atom stereocenters. The molecule has 2 N–H and O–H groups in total. The summed E-state index contributed by atoms with van der Waals surface area (Å²) < 4.78 is 0. The molecule has 0 aliphatic carbocycles. The first-order valence-corrected chi connectivity index (χ1v) is 10.4. The second-order valence-electron chi connectivity index (χ2n) is 9.16. The Bertz CT molecular complexity index is 292. The van der Waals surface area contributed by atoms with Gasteiger partial charge in [-0.3, -0.25) is 4.79 Å². The van der Waals surface area contributed by atoms with E-state index in [1.54, 1.807) is 0 Å². The molecule has 0 spiro atoms. The highest BCUT2D eigenvalue weighted by molar-refractivity contribution is 5.66. The van der Waals surface area contributed by atoms with Gasteiger partial charge in [-0.25, -0.2) is 0 Å². The largest absolute Gasteiger partial charge is 0.481 e. The summed E-state index contributed by atoms with van der Waals surface area (Å²) in [5.74, 6) is 0.870. The Labute approximate surface area is 157 Å². The first-order valence-electron chi connectivity index (χ1n) is 10.4. The van der Waals surface area contributed by atoms with Gasteiger partial charge in [0.15, 0.2) is 0 Å². The lowest BCUT2D eigenvalue weighted by molar-refractivity contribution is -0.137. The number of rotatable bonds is 13. The summed E-state index contributed by atoms with van der Waals surface area (Å²) >= 11 is 0. The third-order valence-corrected chi connectivity index (χ3v) is 4.42. The van der Waals surface area contributed by atoms with Crippen LogP contribution in [0.5, 0.6) is 0 Å². The maximum atomic E-state index is 10.2. The minimum atomic E-state index is -0.667. The summed E-state index contributed by atoms with van der Waals surface area (Å²) in [6.45, 7) is 13.9. The Morgan fingerprint density at radius 3 is 1.88 bits per heavy atom. The molecule has 0 aromatic heterocycles. The van der Waals surface area contributed by atoms with E-state index in [2.05, 4.69) is 41.5 Å². The third kappa shape index (κ3) is 28.5. The number of aliphatic hydroxyl groups excluding tert-OH is 1. The predicted molar refractivity (Wildman–Crippen MR) is 109 cm³/mol. The smallest absolute Gasteiger partial charge is 0.303 e. The summed E-state index contributed by atoms with van der Waals surface area (Å²) in [5, 5.41) is 17.1. The molecule has 0 amide bonds. The molecule has 0 heterocycles. The van der Waals surface area contributed by atoms with Crippen LogP contribution in [0, 0.1) is 17.3 Å². The molecule has 0 bridgehead atoms. The molecule has 0 rings (SSSR count). The van der Waals surface area contributed by atoms with Gasteiger partial charge >= 0.3 is 5.97 Å². The van der Waals surface area contributed by atoms with Gasteiger partial charge in [0.25, 0.3) is 0 Å². The van der Waals surface area contributed by atoms with E-state index in [4.69, 9.17) is 10.2 Å². The van der Waals surface area contributed by atoms with Gasteiger partial charge in [-0.2, -0.15) is 0 Å². The van der Waals surface area contributed by atoms with Crippen molar-refractivity contribution in [3.05, 3.63) is 0 Å². The van der Waals surface area contributed by atoms with Crippen molar-refractivity contribution >= 4 is 5.97 Å². The maximum absolute atomic E-state index is 10.2. The molecule has 0 aromatic carbocycles. The van der Waals surface area contributed by atoms with Crippen molar-refractivity contribution in [3.8, 4) is 0 Å². The molecule has 0 aromatic rings. The van der Waals surface area contributed by atoms with Crippen molar-refractivity contribution in [2.24, 2.45) is 17.3 Å². The fraction of sp³-hybridized carbons (Fsp3) is 0.955. The summed E-state index contributed by atoms with van der Waals surface area (Å²) in [4.78, 5) is 10.2. The Morgan fingerprint density at radius 1 is 0.840 bits per heavy atom. The summed E-state index contributed by atoms with van der Waals surface area (Å²) in [6.07, 6.45) is 12.1. The average molecular weight is 359 g/mol. The Morgan fingerprint density at radius 2 is 1.40 bits per heavy atom. The van der Waals surface area contributed by atoms with Crippen LogP contribution in [-0.2, 0) is 4.79 Å². The zero-order valence-electron chi connectivity index (χ0n) is 17.9. The first kappa shape index (κ1) is 26.7. The molecule has 0 radical (unpaired) electrons. The molecule has 0 fully saturated rings. The van der Waals surface area contributed by atoms with Crippen LogP contribution in [0.4, 0.5) is 0 Å². The van der Waals surface area contributed by atoms with Crippen molar-refractivity contribution < 1.29 is 15.0 Å². The van der Waals surface area contributed by atoms with Gasteiger partial charge < -0.3 is 10.2 Å². The van der Waals surface area contributed by atoms with Crippen molar-refractivity contribution in [2.45, 2.75) is 112 Å². The number of carbonyl (C=O) groups is 1. The summed E-state index contributed by atoms with van der Waals surface area (Å²) in [7, 11) is 0. The van der Waals surface area contributed by atoms with Crippen molar-refractivity contribution in [2.75, 3.05) is 6.61 Å². The number of aliphatic hydroxyl groups is 1. The first-order chi connectivity index (χ1) is 11.6. The van der Waals surface area contributed by atoms with E-state index in [0.29, 0.717) is 24.4 Å². The molecule has 1 unspecified atom stereocenters. The Kier molecular flexibility index (Phi) is 18.0. The van der Waals surface area contributed by atoms with Crippen LogP contribution in [-0.4, -0.2) is 22.8 Å². The molecule has 3 nitrogen and oxygen atoms in total. The number of hydrogen-bond acceptors (Lipinski definition) is 2. The number of hydrogen-bond donors (Lipinski definition) is 2. The van der Waals surface area contributed by atoms with E-state index in [9.17, 15) is 4.79 Å². The van der Waals surface area contributed by atoms with E-state index in [1.165, 1.54) is 44.9 Å². The van der Waals surface area contributed by atoms with Gasteiger partial charge in [0, 0.05) is 13.0 Å². The van der Waals surface area contributed by atoms with Gasteiger partial charge in [0.2, 0.25) is 0 Å². The van der Waals surface area contributed by atoms with Crippen LogP contribution in [0.2, 0.25) is 0 Å². The number of aliphatic carboxylic acids is 1. The molecular weight excluding hydrogens is 312 g/mol. The average Bonchev–Trinajstić information content (AvgIpc) is 2.45. The minimum absolute atomic E-state index is 0.333. The topological polar surface area (TPSA) is 57.5 Å². The molecule has 0 aliphatic heterocycles. The molecule has 0 saturated heterocycles. The molecule has 0 saturated carbocycles. The van der Waals surface area contributed by atoms with Gasteiger partial charge in [-0.05, 0) is 36.5 Å². The van der Waals surface area contributed by atoms with E-state index in [0.717, 1.165) is 25.2 Å². The summed E-state index contributed by atoms with van der Waals surface area (Å²) in [5.41, 5.74) is 0.446. The highest BCUT2D eigenvalue weighted by atomic mass is 16.4. The van der Waals surface area contributed by atoms with Crippen LogP contribution < -0.4 is 0 Å². The zero-order chi connectivity index (χ0) is 19.7. The fourth-order valence-corrected chi connectivity index (χ4v) is 2.70. The SMILES string of the molecule is CC(C)(C)CCCCCCCC(=O)O.CC(C)CCCC(C)CCO. The normalized spacial score (nSPS) is 12.6. The Hall–Kier alpha value is -0.570. The molecule has 0 aliphatic rings. The maximum Gasteiger partial charge on any atom is 0.303 e. The zero-order valence-corrected chi connectivity index (χ0v) is 17.9. The van der Waals surface area contributed by atoms with Gasteiger partial charge in [0.1, 0.15) is 0 Å². The van der Waals surface area contributed by atoms with E-state index in [1.807, 2.05) is 0 Å². The minimum Gasteiger partial charge on any atom is -0.481 e. The van der Waals surface area contributed by atoms with Crippen molar-refractivity contribution in [3.63, 3.8) is 0 Å². The standard InChI is InChI=1S/C12H24O2.C10H22O/c1-12(2,3)10-8-6-4-5-7-9-11(13)14;1-9(2)5-4-6-10(3)7-8-11/h4-10H2,1-3H3,(H,13,14);9-11H,4-8H2,1-3H3. The van der Waals surface area contributed by atoms with Gasteiger partial charge in [0.05, 0.1) is 0 Å². The fourth-order valence-electron chi connectivity index (χ4n) is 2.70. The van der Waals surface area contributed by atoms with Crippen LogP contribution in [0.1, 0.15) is 112 Å². The third-order valence-electron chi connectivity index (χ3n) is 4.42. The van der Waals surface area contributed by atoms with E-state index in [-0.39, 0.29) is 0 Å². The molecular formula is C22H46O3. The van der Waals surface area contributed by atoms with Crippen LogP contribution in [0.25, 0.3) is 0 Å². The van der Waals surface area contributed by atoms with E-state index >= 15 is 0 Å². The van der Waals surface area contributed by atoms with Crippen LogP contribution in [0.3, 0.4) is 0 Å². The van der Waals surface area contributed by atoms with Crippen molar-refractivity contribution in [1.29, 1.82) is 0 Å². The lowest BCUT2D eigenvalue weighted by Crippen LogP contribution is -2.03. The summed E-state index contributed by atoms with van der Waals surface area (Å²) in [6, 6.07) is 0. The second-order valence-corrected chi connectivity index (χ2v) is 9.16. The number of carboxylic acids is 1. The van der Waals surface area contributed by atoms with Gasteiger partial charge in [-0.15, -0.1) is 0 Å². The lowest BCUT2D eigenvalue weighted by Gasteiger charge is -2.17. The van der Waals surface area contributed by atoms with Crippen LogP contribution in [0.15, 0.2) is 0 Å². The van der Waals surface area contributed by atoms with Gasteiger partial charge in [-0.1, -0.05) is 86.5 Å². The Balaban J connectivity index is 0. The lowest BCUT2D eigenvalue weighted by atomic mass is 9.89. The monoisotopic (exact) mass is 358 g/mol. The molecule has 25 heavy (non-hydrogen) atoms. The van der Waals surface area contributed by atoms with E-state index < -0.39 is 5.97 Å². The highest BCUT2D eigenvalue weighted by Gasteiger charge is 2.08.